The first kappa shape index (κ1) is 13.9. The normalized spacial score (nSPS) is 16.3. The molecule has 84 valence electrons. The molecule has 0 aromatic rings. The van der Waals surface area contributed by atoms with Gasteiger partial charge in [-0.2, -0.15) is 0 Å². The van der Waals surface area contributed by atoms with Crippen LogP contribution in [-0.2, 0) is 9.36 Å². The molecule has 6 nitrogen and oxygen atoms in total. The second-order valence-corrected chi connectivity index (χ2v) is 6.35. The zero-order valence-electron chi connectivity index (χ0n) is 7.71. The van der Waals surface area contributed by atoms with Gasteiger partial charge in [0, 0.05) is 0 Å². The predicted molar refractivity (Wildman–Crippen MR) is 54.2 cm³/mol. The quantitative estimate of drug-likeness (QED) is 0.384. The van der Waals surface area contributed by atoms with Gasteiger partial charge in [-0.25, -0.2) is 0 Å². The monoisotopic (exact) mass is 243 g/mol. The number of carboxylic acid groups (broad SMARTS) is 1. The van der Waals surface area contributed by atoms with Crippen LogP contribution in [0.25, 0.3) is 0 Å². The third-order valence-electron chi connectivity index (χ3n) is 1.51. The zero-order valence-corrected chi connectivity index (χ0v) is 9.42. The third-order valence-corrected chi connectivity index (χ3v) is 4.08. The number of carbonyl (C=O) groups is 1. The average Bonchev–Trinajstić information content (AvgIpc) is 1.96. The zero-order chi connectivity index (χ0) is 11.4. The van der Waals surface area contributed by atoms with E-state index in [9.17, 15) is 9.36 Å². The first-order valence-corrected chi connectivity index (χ1v) is 6.75. The van der Waals surface area contributed by atoms with Crippen molar-refractivity contribution in [3.8, 4) is 0 Å². The first-order valence-electron chi connectivity index (χ1n) is 3.80. The molecule has 0 aliphatic heterocycles. The highest BCUT2D eigenvalue weighted by atomic mass is 32.2. The van der Waals surface area contributed by atoms with Crippen LogP contribution in [0.15, 0.2) is 0 Å². The van der Waals surface area contributed by atoms with E-state index in [-0.39, 0.29) is 11.9 Å². The summed E-state index contributed by atoms with van der Waals surface area (Å²) in [6, 6.07) is 0. The van der Waals surface area contributed by atoms with Crippen molar-refractivity contribution in [3.63, 3.8) is 0 Å². The SMILES string of the molecule is C[C@](N)(CCSCP(=O)(O)O)C(=O)O. The molecule has 0 radical (unpaired) electrons. The number of aliphatic carboxylic acids is 1. The third kappa shape index (κ3) is 6.39. The van der Waals surface area contributed by atoms with Crippen molar-refractivity contribution in [3.05, 3.63) is 0 Å². The van der Waals surface area contributed by atoms with Crippen LogP contribution in [0.4, 0.5) is 0 Å². The molecular formula is C6H14NO5PS. The molecule has 0 saturated heterocycles. The Balaban J connectivity index is 3.76. The van der Waals surface area contributed by atoms with E-state index in [1.165, 1.54) is 6.92 Å². The van der Waals surface area contributed by atoms with E-state index in [2.05, 4.69) is 0 Å². The number of thioether (sulfide) groups is 1. The van der Waals surface area contributed by atoms with Crippen molar-refractivity contribution in [1.29, 1.82) is 0 Å². The minimum Gasteiger partial charge on any atom is -0.480 e. The molecule has 0 aromatic carbocycles. The first-order chi connectivity index (χ1) is 6.15. The van der Waals surface area contributed by atoms with E-state index in [4.69, 9.17) is 20.6 Å². The second-order valence-electron chi connectivity index (χ2n) is 3.17. The largest absolute Gasteiger partial charge is 0.480 e. The van der Waals surface area contributed by atoms with E-state index in [0.717, 1.165) is 11.8 Å². The van der Waals surface area contributed by atoms with Gasteiger partial charge in [-0.3, -0.25) is 9.36 Å². The van der Waals surface area contributed by atoms with Gasteiger partial charge in [-0.15, -0.1) is 11.8 Å². The molecule has 5 N–H and O–H groups in total. The lowest BCUT2D eigenvalue weighted by Crippen LogP contribution is -2.45. The van der Waals surface area contributed by atoms with E-state index in [0.29, 0.717) is 5.75 Å². The fourth-order valence-electron chi connectivity index (χ4n) is 0.575. The standard InChI is InChI=1S/C6H14NO5PS/c1-6(7,5(8)9)2-3-14-4-13(10,11)12/h2-4,7H2,1H3,(H,8,9)(H2,10,11,12)/t6-/m0/s1. The summed E-state index contributed by atoms with van der Waals surface area (Å²) >= 11 is 0.998. The molecule has 0 aromatic heterocycles. The van der Waals surface area contributed by atoms with Crippen molar-refractivity contribution in [2.75, 3.05) is 11.2 Å². The fourth-order valence-corrected chi connectivity index (χ4v) is 2.61. The van der Waals surface area contributed by atoms with Gasteiger partial charge in [0.15, 0.2) is 0 Å². The maximum Gasteiger partial charge on any atom is 0.335 e. The summed E-state index contributed by atoms with van der Waals surface area (Å²) in [4.78, 5) is 27.5. The maximum absolute atomic E-state index is 10.5. The van der Waals surface area contributed by atoms with E-state index in [1.807, 2.05) is 0 Å². The van der Waals surface area contributed by atoms with Gasteiger partial charge < -0.3 is 20.6 Å². The van der Waals surface area contributed by atoms with E-state index < -0.39 is 19.1 Å². The number of carboxylic acids is 1. The molecule has 0 fully saturated rings. The minimum absolute atomic E-state index is 0.174. The Morgan fingerprint density at radius 3 is 2.43 bits per heavy atom. The summed E-state index contributed by atoms with van der Waals surface area (Å²) in [5.74, 6) is -0.806. The number of hydrogen-bond donors (Lipinski definition) is 4. The Bertz CT molecular complexity index is 251. The van der Waals surface area contributed by atoms with Crippen LogP contribution in [0.5, 0.6) is 0 Å². The molecule has 0 aliphatic rings. The van der Waals surface area contributed by atoms with Crippen molar-refractivity contribution in [2.45, 2.75) is 18.9 Å². The van der Waals surface area contributed by atoms with Crippen LogP contribution in [0.2, 0.25) is 0 Å². The van der Waals surface area contributed by atoms with Crippen molar-refractivity contribution >= 4 is 25.3 Å². The summed E-state index contributed by atoms with van der Waals surface area (Å²) in [6.45, 7) is 1.37. The molecule has 0 amide bonds. The van der Waals surface area contributed by atoms with Gasteiger partial charge in [-0.1, -0.05) is 0 Å². The Kier molecular flexibility index (Phi) is 5.11. The molecule has 1 atom stereocenters. The molecule has 0 bridgehead atoms. The summed E-state index contributed by atoms with van der Waals surface area (Å²) < 4.78 is 10.4. The Labute approximate surface area is 86.0 Å². The minimum atomic E-state index is -4.00. The summed E-state index contributed by atoms with van der Waals surface area (Å²) in [6.07, 6.45) is 0.174. The smallest absolute Gasteiger partial charge is 0.335 e. The van der Waals surface area contributed by atoms with Crippen LogP contribution >= 0.6 is 19.4 Å². The Morgan fingerprint density at radius 1 is 1.57 bits per heavy atom. The predicted octanol–water partition coefficient (Wildman–Crippen LogP) is 0.0469. The Morgan fingerprint density at radius 2 is 2.07 bits per heavy atom. The fraction of sp³-hybridized carbons (Fsp3) is 0.833. The van der Waals surface area contributed by atoms with Crippen LogP contribution < -0.4 is 5.73 Å². The van der Waals surface area contributed by atoms with Gasteiger partial charge in [0.2, 0.25) is 0 Å². The molecule has 0 saturated carbocycles. The molecule has 0 aliphatic carbocycles. The molecule has 8 heteroatoms. The van der Waals surface area contributed by atoms with Crippen LogP contribution in [0.3, 0.4) is 0 Å². The van der Waals surface area contributed by atoms with Gasteiger partial charge in [0.05, 0.1) is 5.49 Å². The molecule has 14 heavy (non-hydrogen) atoms. The summed E-state index contributed by atoms with van der Waals surface area (Å²) in [5, 5.41) is 8.61. The lowest BCUT2D eigenvalue weighted by Gasteiger charge is -2.18. The number of rotatable bonds is 6. The molecular weight excluding hydrogens is 229 g/mol. The maximum atomic E-state index is 10.5. The topological polar surface area (TPSA) is 121 Å². The highest BCUT2D eigenvalue weighted by molar-refractivity contribution is 8.04. The van der Waals surface area contributed by atoms with Crippen LogP contribution in [0.1, 0.15) is 13.3 Å². The van der Waals surface area contributed by atoms with E-state index >= 15 is 0 Å². The van der Waals surface area contributed by atoms with Crippen molar-refractivity contribution in [2.24, 2.45) is 5.73 Å². The van der Waals surface area contributed by atoms with Gasteiger partial charge in [0.25, 0.3) is 0 Å². The highest BCUT2D eigenvalue weighted by Gasteiger charge is 2.27. The number of hydrogen-bond acceptors (Lipinski definition) is 4. The average molecular weight is 243 g/mol. The number of nitrogens with two attached hydrogens (primary N) is 1. The van der Waals surface area contributed by atoms with Crippen molar-refractivity contribution < 1.29 is 24.3 Å². The van der Waals surface area contributed by atoms with Gasteiger partial charge >= 0.3 is 13.6 Å². The highest BCUT2D eigenvalue weighted by Crippen LogP contribution is 2.38. The summed E-state index contributed by atoms with van der Waals surface area (Å²) in [5.41, 5.74) is 3.77. The lowest BCUT2D eigenvalue weighted by atomic mass is 10.0. The van der Waals surface area contributed by atoms with Gasteiger partial charge in [0.1, 0.15) is 5.54 Å². The molecule has 0 unspecified atom stereocenters. The summed E-state index contributed by atoms with van der Waals surface area (Å²) in [7, 11) is -4.00. The van der Waals surface area contributed by atoms with Gasteiger partial charge in [-0.05, 0) is 19.1 Å². The molecule has 0 heterocycles. The van der Waals surface area contributed by atoms with Crippen molar-refractivity contribution in [1.82, 2.24) is 0 Å². The second kappa shape index (κ2) is 5.14. The van der Waals surface area contributed by atoms with Crippen LogP contribution in [0, 0.1) is 0 Å². The molecule has 0 spiro atoms. The Hall–Kier alpha value is -0.0700. The van der Waals surface area contributed by atoms with Crippen LogP contribution in [-0.4, -0.2) is 37.6 Å². The van der Waals surface area contributed by atoms with E-state index in [1.54, 1.807) is 0 Å². The molecule has 0 rings (SSSR count). The lowest BCUT2D eigenvalue weighted by molar-refractivity contribution is -0.142.